The van der Waals surface area contributed by atoms with Crippen molar-refractivity contribution in [1.82, 2.24) is 9.97 Å². The van der Waals surface area contributed by atoms with E-state index in [9.17, 15) is 4.79 Å². The smallest absolute Gasteiger partial charge is 0.343 e. The van der Waals surface area contributed by atoms with Gasteiger partial charge in [0.05, 0.1) is 7.11 Å². The van der Waals surface area contributed by atoms with Gasteiger partial charge in [-0.1, -0.05) is 6.92 Å². The number of ether oxygens (including phenoxy) is 1. The molecule has 0 unspecified atom stereocenters. The molecule has 15 heavy (non-hydrogen) atoms. The van der Waals surface area contributed by atoms with Crippen molar-refractivity contribution in [3.63, 3.8) is 0 Å². The average Bonchev–Trinajstić information content (AvgIpc) is 2.96. The van der Waals surface area contributed by atoms with Crippen molar-refractivity contribution in [2.75, 3.05) is 12.8 Å². The zero-order valence-corrected chi connectivity index (χ0v) is 8.78. The molecule has 0 aromatic carbocycles. The van der Waals surface area contributed by atoms with Crippen LogP contribution in [-0.4, -0.2) is 23.0 Å². The largest absolute Gasteiger partial charge is 0.465 e. The normalized spacial score (nSPS) is 17.2. The number of methoxy groups -OCH3 is 1. The molecule has 5 nitrogen and oxygen atoms in total. The number of carbonyl (C=O) groups is 1. The van der Waals surface area contributed by atoms with Gasteiger partial charge in [-0.05, 0) is 12.8 Å². The van der Waals surface area contributed by atoms with Gasteiger partial charge in [0.25, 0.3) is 0 Å². The molecule has 5 heteroatoms. The van der Waals surface area contributed by atoms with Crippen molar-refractivity contribution in [2.45, 2.75) is 25.2 Å². The Kier molecular flexibility index (Phi) is 2.10. The number of esters is 1. The second kappa shape index (κ2) is 3.18. The van der Waals surface area contributed by atoms with Crippen molar-refractivity contribution in [3.8, 4) is 0 Å². The lowest BCUT2D eigenvalue weighted by molar-refractivity contribution is 0.0601. The van der Waals surface area contributed by atoms with E-state index in [0.717, 1.165) is 12.8 Å². The molecule has 2 rings (SSSR count). The molecule has 1 aromatic rings. The first kappa shape index (κ1) is 9.89. The van der Waals surface area contributed by atoms with Gasteiger partial charge in [0, 0.05) is 11.6 Å². The molecule has 1 heterocycles. The number of carbonyl (C=O) groups excluding carboxylic acids is 1. The predicted octanol–water partition coefficient (Wildman–Crippen LogP) is 0.897. The van der Waals surface area contributed by atoms with Crippen molar-refractivity contribution in [2.24, 2.45) is 0 Å². The molecule has 0 bridgehead atoms. The van der Waals surface area contributed by atoms with E-state index in [1.807, 2.05) is 0 Å². The van der Waals surface area contributed by atoms with Crippen LogP contribution in [0.2, 0.25) is 0 Å². The van der Waals surface area contributed by atoms with Crippen molar-refractivity contribution >= 4 is 11.8 Å². The Morgan fingerprint density at radius 3 is 2.73 bits per heavy atom. The fourth-order valence-corrected chi connectivity index (χ4v) is 1.36. The van der Waals surface area contributed by atoms with E-state index in [-0.39, 0.29) is 16.8 Å². The maximum Gasteiger partial charge on any atom is 0.343 e. The van der Waals surface area contributed by atoms with Crippen molar-refractivity contribution in [1.29, 1.82) is 0 Å². The van der Waals surface area contributed by atoms with E-state index >= 15 is 0 Å². The maximum absolute atomic E-state index is 11.2. The predicted molar refractivity (Wildman–Crippen MR) is 54.4 cm³/mol. The molecule has 1 aliphatic carbocycles. The third kappa shape index (κ3) is 1.65. The summed E-state index contributed by atoms with van der Waals surface area (Å²) in [4.78, 5) is 19.5. The van der Waals surface area contributed by atoms with Gasteiger partial charge in [-0.25, -0.2) is 14.8 Å². The summed E-state index contributed by atoms with van der Waals surface area (Å²) in [6, 6.07) is 0. The Morgan fingerprint density at radius 2 is 2.27 bits per heavy atom. The molecule has 0 radical (unpaired) electrons. The third-order valence-electron chi connectivity index (χ3n) is 2.76. The Labute approximate surface area is 87.7 Å². The standard InChI is InChI=1S/C10H13N3O2/c1-10(3-4-10)9-12-5-6(7(11)13-9)8(14)15-2/h5H,3-4H2,1-2H3,(H2,11,12,13). The highest BCUT2D eigenvalue weighted by molar-refractivity contribution is 5.93. The molecule has 0 atom stereocenters. The van der Waals surface area contributed by atoms with Crippen LogP contribution in [0.5, 0.6) is 0 Å². The highest BCUT2D eigenvalue weighted by Crippen LogP contribution is 2.45. The van der Waals surface area contributed by atoms with Gasteiger partial charge in [0.15, 0.2) is 0 Å². The van der Waals surface area contributed by atoms with Gasteiger partial charge < -0.3 is 10.5 Å². The molecule has 0 aliphatic heterocycles. The number of aromatic nitrogens is 2. The lowest BCUT2D eigenvalue weighted by Gasteiger charge is -2.08. The number of nitrogens with two attached hydrogens (primary N) is 1. The van der Waals surface area contributed by atoms with Gasteiger partial charge >= 0.3 is 5.97 Å². The second-order valence-electron chi connectivity index (χ2n) is 4.04. The molecular formula is C10H13N3O2. The molecule has 0 saturated heterocycles. The van der Waals surface area contributed by atoms with Crippen LogP contribution in [0.4, 0.5) is 5.82 Å². The summed E-state index contributed by atoms with van der Waals surface area (Å²) in [5.41, 5.74) is 5.96. The van der Waals surface area contributed by atoms with Crippen LogP contribution < -0.4 is 5.73 Å². The van der Waals surface area contributed by atoms with Gasteiger partial charge in [-0.15, -0.1) is 0 Å². The fourth-order valence-electron chi connectivity index (χ4n) is 1.36. The Balaban J connectivity index is 2.35. The number of hydrogen-bond acceptors (Lipinski definition) is 5. The number of rotatable bonds is 2. The Bertz CT molecular complexity index is 413. The van der Waals surface area contributed by atoms with Crippen LogP contribution in [-0.2, 0) is 10.2 Å². The van der Waals surface area contributed by atoms with Crippen molar-refractivity contribution < 1.29 is 9.53 Å². The lowest BCUT2D eigenvalue weighted by Crippen LogP contribution is -2.13. The van der Waals surface area contributed by atoms with E-state index in [1.54, 1.807) is 0 Å². The minimum absolute atomic E-state index is 0.0583. The summed E-state index contributed by atoms with van der Waals surface area (Å²) in [6.45, 7) is 2.08. The second-order valence-corrected chi connectivity index (χ2v) is 4.04. The summed E-state index contributed by atoms with van der Waals surface area (Å²) in [6.07, 6.45) is 3.58. The van der Waals surface area contributed by atoms with Gasteiger partial charge in [-0.2, -0.15) is 0 Å². The van der Waals surface area contributed by atoms with E-state index in [4.69, 9.17) is 5.73 Å². The van der Waals surface area contributed by atoms with Crippen LogP contribution in [0.1, 0.15) is 35.9 Å². The number of anilines is 1. The third-order valence-corrected chi connectivity index (χ3v) is 2.76. The zero-order chi connectivity index (χ0) is 11.1. The van der Waals surface area contributed by atoms with Gasteiger partial charge in [0.2, 0.25) is 0 Å². The summed E-state index contributed by atoms with van der Waals surface area (Å²) in [5.74, 6) is 0.410. The quantitative estimate of drug-likeness (QED) is 0.729. The minimum Gasteiger partial charge on any atom is -0.465 e. The molecule has 1 saturated carbocycles. The number of nitrogen functional groups attached to an aromatic ring is 1. The fraction of sp³-hybridized carbons (Fsp3) is 0.500. The van der Waals surface area contributed by atoms with E-state index < -0.39 is 5.97 Å². The highest BCUT2D eigenvalue weighted by atomic mass is 16.5. The lowest BCUT2D eigenvalue weighted by atomic mass is 10.1. The van der Waals surface area contributed by atoms with E-state index in [2.05, 4.69) is 21.6 Å². The molecule has 0 spiro atoms. The summed E-state index contributed by atoms with van der Waals surface area (Å²) >= 11 is 0. The monoisotopic (exact) mass is 207 g/mol. The van der Waals surface area contributed by atoms with Crippen molar-refractivity contribution in [3.05, 3.63) is 17.6 Å². The number of nitrogens with zero attached hydrogens (tertiary/aromatic N) is 2. The zero-order valence-electron chi connectivity index (χ0n) is 8.78. The average molecular weight is 207 g/mol. The van der Waals surface area contributed by atoms with Crippen LogP contribution in [0, 0.1) is 0 Å². The molecular weight excluding hydrogens is 194 g/mol. The molecule has 1 fully saturated rings. The first-order valence-electron chi connectivity index (χ1n) is 4.78. The molecule has 80 valence electrons. The van der Waals surface area contributed by atoms with Gasteiger partial charge in [0.1, 0.15) is 17.2 Å². The van der Waals surface area contributed by atoms with E-state index in [1.165, 1.54) is 13.3 Å². The Hall–Kier alpha value is -1.65. The summed E-state index contributed by atoms with van der Waals surface area (Å²) in [5, 5.41) is 0. The molecule has 0 amide bonds. The molecule has 1 aromatic heterocycles. The highest BCUT2D eigenvalue weighted by Gasteiger charge is 2.42. The molecule has 1 aliphatic rings. The Morgan fingerprint density at radius 1 is 1.60 bits per heavy atom. The van der Waals surface area contributed by atoms with Crippen LogP contribution in [0.25, 0.3) is 0 Å². The topological polar surface area (TPSA) is 78.1 Å². The van der Waals surface area contributed by atoms with Crippen LogP contribution >= 0.6 is 0 Å². The summed E-state index contributed by atoms with van der Waals surface area (Å²) in [7, 11) is 1.30. The first-order chi connectivity index (χ1) is 7.07. The van der Waals surface area contributed by atoms with Crippen LogP contribution in [0.15, 0.2) is 6.20 Å². The van der Waals surface area contributed by atoms with Crippen LogP contribution in [0.3, 0.4) is 0 Å². The maximum atomic E-state index is 11.2. The first-order valence-corrected chi connectivity index (χ1v) is 4.78. The SMILES string of the molecule is COC(=O)c1cnc(C2(C)CC2)nc1N. The summed E-state index contributed by atoms with van der Waals surface area (Å²) < 4.78 is 4.56. The number of hydrogen-bond donors (Lipinski definition) is 1. The molecule has 2 N–H and O–H groups in total. The minimum atomic E-state index is -0.500. The van der Waals surface area contributed by atoms with E-state index in [0.29, 0.717) is 5.82 Å². The van der Waals surface area contributed by atoms with Gasteiger partial charge in [-0.3, -0.25) is 0 Å².